The maximum Gasteiger partial charge on any atom is 0.228 e. The topological polar surface area (TPSA) is 51.7 Å². The van der Waals surface area contributed by atoms with Crippen molar-refractivity contribution in [2.75, 3.05) is 27.3 Å². The lowest BCUT2D eigenvalue weighted by Gasteiger charge is -2.17. The van der Waals surface area contributed by atoms with Crippen LogP contribution in [0.4, 0.5) is 4.39 Å². The molecule has 0 unspecified atom stereocenters. The van der Waals surface area contributed by atoms with Crippen LogP contribution >= 0.6 is 11.3 Å². The smallest absolute Gasteiger partial charge is 0.228 e. The average molecular weight is 400 g/mol. The van der Waals surface area contributed by atoms with Crippen molar-refractivity contribution in [1.82, 2.24) is 9.88 Å². The highest BCUT2D eigenvalue weighted by Crippen LogP contribution is 2.24. The van der Waals surface area contributed by atoms with Gasteiger partial charge in [0, 0.05) is 18.0 Å². The van der Waals surface area contributed by atoms with E-state index >= 15 is 0 Å². The molecule has 3 rings (SSSR count). The number of halogens is 1. The van der Waals surface area contributed by atoms with E-state index in [0.717, 1.165) is 11.5 Å². The first-order chi connectivity index (χ1) is 13.5. The second-order valence-electron chi connectivity index (χ2n) is 6.17. The zero-order valence-corrected chi connectivity index (χ0v) is 16.5. The van der Waals surface area contributed by atoms with Crippen molar-refractivity contribution in [3.8, 4) is 22.1 Å². The van der Waals surface area contributed by atoms with Crippen molar-refractivity contribution in [1.29, 1.82) is 0 Å². The predicted molar refractivity (Wildman–Crippen MR) is 107 cm³/mol. The molecule has 28 heavy (non-hydrogen) atoms. The summed E-state index contributed by atoms with van der Waals surface area (Å²) in [6.07, 6.45) is 0.199. The molecule has 3 aromatic rings. The number of hydrogen-bond acceptors (Lipinski definition) is 5. The maximum absolute atomic E-state index is 13.4. The molecule has 0 atom stereocenters. The number of thiazole rings is 1. The van der Waals surface area contributed by atoms with E-state index in [9.17, 15) is 9.18 Å². The van der Waals surface area contributed by atoms with Gasteiger partial charge in [-0.1, -0.05) is 12.1 Å². The number of benzene rings is 2. The van der Waals surface area contributed by atoms with Crippen LogP contribution in [0.15, 0.2) is 53.9 Å². The Morgan fingerprint density at radius 3 is 2.64 bits per heavy atom. The molecular weight excluding hydrogens is 379 g/mol. The van der Waals surface area contributed by atoms with Crippen LogP contribution in [0.1, 0.15) is 5.69 Å². The number of carbonyl (C=O) groups excluding carboxylic acids is 1. The third kappa shape index (κ3) is 5.29. The molecule has 1 heterocycles. The first-order valence-corrected chi connectivity index (χ1v) is 9.64. The van der Waals surface area contributed by atoms with E-state index < -0.39 is 0 Å². The lowest BCUT2D eigenvalue weighted by atomic mass is 10.2. The molecule has 0 radical (unpaired) electrons. The van der Waals surface area contributed by atoms with Crippen molar-refractivity contribution in [3.05, 3.63) is 65.4 Å². The molecule has 7 heteroatoms. The highest BCUT2D eigenvalue weighted by atomic mass is 32.1. The normalized spacial score (nSPS) is 10.5. The van der Waals surface area contributed by atoms with Crippen LogP contribution < -0.4 is 9.47 Å². The summed E-state index contributed by atoms with van der Waals surface area (Å²) < 4.78 is 24.1. The fraction of sp³-hybridized carbons (Fsp3) is 0.238. The largest absolute Gasteiger partial charge is 0.497 e. The van der Waals surface area contributed by atoms with Crippen LogP contribution in [0.5, 0.6) is 11.5 Å². The van der Waals surface area contributed by atoms with E-state index in [4.69, 9.17) is 9.47 Å². The van der Waals surface area contributed by atoms with E-state index in [1.807, 2.05) is 29.6 Å². The summed E-state index contributed by atoms with van der Waals surface area (Å²) in [7, 11) is 3.35. The van der Waals surface area contributed by atoms with E-state index in [1.54, 1.807) is 31.2 Å². The molecular formula is C21H21FN2O3S. The second kappa shape index (κ2) is 9.32. The van der Waals surface area contributed by atoms with Gasteiger partial charge in [-0.15, -0.1) is 11.3 Å². The van der Waals surface area contributed by atoms with Gasteiger partial charge in [-0.3, -0.25) is 4.79 Å². The number of rotatable bonds is 8. The lowest BCUT2D eigenvalue weighted by molar-refractivity contribution is -0.129. The lowest BCUT2D eigenvalue weighted by Crippen LogP contribution is -2.32. The van der Waals surface area contributed by atoms with E-state index in [-0.39, 0.29) is 18.1 Å². The number of likely N-dealkylation sites (N-methyl/N-ethyl adjacent to an activating group) is 1. The maximum atomic E-state index is 13.4. The Kier molecular flexibility index (Phi) is 6.60. The molecule has 0 N–H and O–H groups in total. The Morgan fingerprint density at radius 2 is 1.93 bits per heavy atom. The van der Waals surface area contributed by atoms with Gasteiger partial charge in [-0.25, -0.2) is 9.37 Å². The molecule has 0 spiro atoms. The van der Waals surface area contributed by atoms with E-state index in [1.165, 1.54) is 23.5 Å². The number of hydrogen-bond donors (Lipinski definition) is 0. The molecule has 1 amide bonds. The Hall–Kier alpha value is -2.93. The van der Waals surface area contributed by atoms with Gasteiger partial charge in [-0.05, 0) is 36.4 Å². The molecule has 0 aliphatic carbocycles. The fourth-order valence-corrected chi connectivity index (χ4v) is 3.35. The van der Waals surface area contributed by atoms with E-state index in [0.29, 0.717) is 29.4 Å². The minimum absolute atomic E-state index is 0.0468. The molecule has 0 bridgehead atoms. The second-order valence-corrected chi connectivity index (χ2v) is 7.03. The fourth-order valence-electron chi connectivity index (χ4n) is 2.53. The first kappa shape index (κ1) is 19.8. The first-order valence-electron chi connectivity index (χ1n) is 8.76. The monoisotopic (exact) mass is 400 g/mol. The van der Waals surface area contributed by atoms with Crippen LogP contribution in [-0.2, 0) is 11.2 Å². The average Bonchev–Trinajstić information content (AvgIpc) is 3.17. The summed E-state index contributed by atoms with van der Waals surface area (Å²) in [5.41, 5.74) is 1.39. The molecule has 146 valence electrons. The third-order valence-corrected chi connectivity index (χ3v) is 5.08. The van der Waals surface area contributed by atoms with Gasteiger partial charge in [0.1, 0.15) is 28.9 Å². The summed E-state index contributed by atoms with van der Waals surface area (Å²) in [5, 5.41) is 2.53. The highest BCUT2D eigenvalue weighted by Gasteiger charge is 2.13. The van der Waals surface area contributed by atoms with Crippen LogP contribution in [0.25, 0.3) is 10.6 Å². The van der Waals surface area contributed by atoms with Crippen molar-refractivity contribution in [2.24, 2.45) is 0 Å². The number of methoxy groups -OCH3 is 1. The molecule has 0 fully saturated rings. The zero-order valence-electron chi connectivity index (χ0n) is 15.7. The summed E-state index contributed by atoms with van der Waals surface area (Å²) in [6.45, 7) is 0.853. The Morgan fingerprint density at radius 1 is 1.18 bits per heavy atom. The van der Waals surface area contributed by atoms with Crippen LogP contribution in [0.3, 0.4) is 0 Å². The number of aromatic nitrogens is 1. The molecule has 1 aromatic heterocycles. The van der Waals surface area contributed by atoms with Gasteiger partial charge in [0.25, 0.3) is 0 Å². The van der Waals surface area contributed by atoms with Crippen molar-refractivity contribution >= 4 is 17.2 Å². The molecule has 0 saturated carbocycles. The molecule has 0 aliphatic heterocycles. The van der Waals surface area contributed by atoms with Crippen LogP contribution in [0.2, 0.25) is 0 Å². The SMILES string of the molecule is COc1ccc(OCCN(C)C(=O)Cc2csc(-c3cccc(F)c3)n2)cc1. The predicted octanol–water partition coefficient (Wildman–Crippen LogP) is 4.04. The van der Waals surface area contributed by atoms with Gasteiger partial charge in [-0.2, -0.15) is 0 Å². The van der Waals surface area contributed by atoms with E-state index in [2.05, 4.69) is 4.98 Å². The van der Waals surface area contributed by atoms with Crippen LogP contribution in [-0.4, -0.2) is 43.1 Å². The molecule has 5 nitrogen and oxygen atoms in total. The van der Waals surface area contributed by atoms with Crippen molar-refractivity contribution in [3.63, 3.8) is 0 Å². The standard InChI is InChI=1S/C21H21FN2O3S/c1-24(10-11-27-19-8-6-18(26-2)7-9-19)20(25)13-17-14-28-21(23-17)15-4-3-5-16(22)12-15/h3-9,12,14H,10-11,13H2,1-2H3. The summed E-state index contributed by atoms with van der Waals surface area (Å²) in [6, 6.07) is 13.6. The van der Waals surface area contributed by atoms with Crippen LogP contribution in [0, 0.1) is 5.82 Å². The van der Waals surface area contributed by atoms with Gasteiger partial charge < -0.3 is 14.4 Å². The number of ether oxygens (including phenoxy) is 2. The third-order valence-electron chi connectivity index (χ3n) is 4.14. The van der Waals surface area contributed by atoms with Gasteiger partial charge >= 0.3 is 0 Å². The van der Waals surface area contributed by atoms with Gasteiger partial charge in [0.15, 0.2) is 0 Å². The molecule has 0 aliphatic rings. The summed E-state index contributed by atoms with van der Waals surface area (Å²) in [5.74, 6) is 1.14. The van der Waals surface area contributed by atoms with Crippen molar-refractivity contribution < 1.29 is 18.7 Å². The Bertz CT molecular complexity index is 927. The van der Waals surface area contributed by atoms with Gasteiger partial charge in [0.2, 0.25) is 5.91 Å². The van der Waals surface area contributed by atoms with Gasteiger partial charge in [0.05, 0.1) is 25.8 Å². The minimum Gasteiger partial charge on any atom is -0.497 e. The molecule has 0 saturated heterocycles. The quantitative estimate of drug-likeness (QED) is 0.573. The number of carbonyl (C=O) groups is 1. The number of amides is 1. The molecule has 2 aromatic carbocycles. The number of nitrogens with zero attached hydrogens (tertiary/aromatic N) is 2. The Labute approximate surface area is 167 Å². The minimum atomic E-state index is -0.304. The summed E-state index contributed by atoms with van der Waals surface area (Å²) >= 11 is 1.40. The zero-order chi connectivity index (χ0) is 19.9. The Balaban J connectivity index is 1.48. The highest BCUT2D eigenvalue weighted by molar-refractivity contribution is 7.13. The summed E-state index contributed by atoms with van der Waals surface area (Å²) in [4.78, 5) is 18.5. The van der Waals surface area contributed by atoms with Crippen molar-refractivity contribution in [2.45, 2.75) is 6.42 Å².